The summed E-state index contributed by atoms with van der Waals surface area (Å²) in [7, 11) is 0. The molecular weight excluding hydrogens is 269 g/mol. The van der Waals surface area contributed by atoms with Gasteiger partial charge < -0.3 is 15.9 Å². The largest absolute Gasteiger partial charge is 0.507 e. The van der Waals surface area contributed by atoms with Crippen molar-refractivity contribution in [3.05, 3.63) is 28.0 Å². The van der Waals surface area contributed by atoms with Crippen LogP contribution < -0.4 is 5.73 Å². The first-order valence-electron chi connectivity index (χ1n) is 4.07. The first-order chi connectivity index (χ1) is 6.93. The fourth-order valence-corrected chi connectivity index (χ4v) is 1.56. The lowest BCUT2D eigenvalue weighted by molar-refractivity contribution is -0.138. The molecule has 15 heavy (non-hydrogen) atoms. The zero-order valence-corrected chi connectivity index (χ0v) is 9.16. The Morgan fingerprint density at radius 3 is 2.73 bits per heavy atom. The van der Waals surface area contributed by atoms with Gasteiger partial charge in [-0.15, -0.1) is 0 Å². The number of benzene rings is 1. The van der Waals surface area contributed by atoms with E-state index >= 15 is 0 Å². The number of carbonyl (C=O) groups is 1. The van der Waals surface area contributed by atoms with Crippen molar-refractivity contribution in [2.24, 2.45) is 5.73 Å². The third kappa shape index (κ3) is 2.66. The molecule has 0 saturated heterocycles. The van der Waals surface area contributed by atoms with Gasteiger partial charge in [-0.3, -0.25) is 4.79 Å². The van der Waals surface area contributed by atoms with E-state index in [9.17, 15) is 14.3 Å². The fourth-order valence-electron chi connectivity index (χ4n) is 1.08. The average Bonchev–Trinajstić information content (AvgIpc) is 2.18. The number of nitrogens with two attached hydrogens (primary N) is 1. The molecule has 0 spiro atoms. The average molecular weight is 278 g/mol. The Morgan fingerprint density at radius 1 is 1.60 bits per heavy atom. The zero-order chi connectivity index (χ0) is 11.6. The van der Waals surface area contributed by atoms with Crippen LogP contribution in [0.3, 0.4) is 0 Å². The molecule has 6 heteroatoms. The monoisotopic (exact) mass is 277 g/mol. The van der Waals surface area contributed by atoms with Crippen LogP contribution in [0.2, 0.25) is 0 Å². The van der Waals surface area contributed by atoms with Crippen LogP contribution in [0.5, 0.6) is 5.75 Å². The summed E-state index contributed by atoms with van der Waals surface area (Å²) in [5.41, 5.74) is 5.33. The van der Waals surface area contributed by atoms with Crippen LogP contribution in [0.15, 0.2) is 16.6 Å². The molecule has 0 aliphatic rings. The van der Waals surface area contributed by atoms with Crippen LogP contribution >= 0.6 is 15.9 Å². The predicted molar refractivity (Wildman–Crippen MR) is 55.1 cm³/mol. The Bertz CT molecular complexity index is 397. The number of phenolic OH excluding ortho intramolecular Hbond substituents is 1. The molecule has 1 unspecified atom stereocenters. The third-order valence-corrected chi connectivity index (χ3v) is 2.79. The van der Waals surface area contributed by atoms with Crippen molar-refractivity contribution in [3.8, 4) is 5.75 Å². The van der Waals surface area contributed by atoms with Crippen LogP contribution in [0.1, 0.15) is 5.56 Å². The first-order valence-corrected chi connectivity index (χ1v) is 4.87. The van der Waals surface area contributed by atoms with E-state index in [1.165, 1.54) is 6.07 Å². The normalized spacial score (nSPS) is 12.5. The number of phenols is 1. The lowest BCUT2D eigenvalue weighted by atomic mass is 10.1. The quantitative estimate of drug-likeness (QED) is 0.777. The molecule has 0 aliphatic carbocycles. The van der Waals surface area contributed by atoms with Crippen LogP contribution in [0.25, 0.3) is 0 Å². The van der Waals surface area contributed by atoms with Crippen molar-refractivity contribution < 1.29 is 19.4 Å². The summed E-state index contributed by atoms with van der Waals surface area (Å²) >= 11 is 2.97. The highest BCUT2D eigenvalue weighted by Gasteiger charge is 2.18. The summed E-state index contributed by atoms with van der Waals surface area (Å²) in [6.45, 7) is 0. The highest BCUT2D eigenvalue weighted by Crippen LogP contribution is 2.30. The minimum Gasteiger partial charge on any atom is -0.507 e. The zero-order valence-electron chi connectivity index (χ0n) is 7.58. The highest BCUT2D eigenvalue weighted by atomic mass is 79.9. The summed E-state index contributed by atoms with van der Waals surface area (Å²) in [6.07, 6.45) is -0.184. The molecule has 0 aromatic heterocycles. The summed E-state index contributed by atoms with van der Waals surface area (Å²) in [4.78, 5) is 10.5. The van der Waals surface area contributed by atoms with Crippen LogP contribution in [0.4, 0.5) is 4.39 Å². The standard InChI is InChI=1S/C9H9BrFNO3/c10-8-4(3-6(12)9(14)15)5(11)1-2-7(8)13/h1-2,6,13H,3,12H2,(H,14,15). The van der Waals surface area contributed by atoms with Gasteiger partial charge >= 0.3 is 5.97 Å². The number of hydrogen-bond donors (Lipinski definition) is 3. The Kier molecular flexibility index (Phi) is 3.65. The molecule has 4 N–H and O–H groups in total. The maximum Gasteiger partial charge on any atom is 0.320 e. The molecule has 4 nitrogen and oxygen atoms in total. The molecule has 0 heterocycles. The molecule has 1 aromatic carbocycles. The first kappa shape index (κ1) is 11.9. The lowest BCUT2D eigenvalue weighted by Gasteiger charge is -2.10. The highest BCUT2D eigenvalue weighted by molar-refractivity contribution is 9.10. The molecule has 0 fully saturated rings. The third-order valence-electron chi connectivity index (χ3n) is 1.91. The Hall–Kier alpha value is -1.14. The van der Waals surface area contributed by atoms with E-state index in [1.54, 1.807) is 0 Å². The second kappa shape index (κ2) is 4.59. The molecule has 82 valence electrons. The van der Waals surface area contributed by atoms with Gasteiger partial charge in [0.1, 0.15) is 17.6 Å². The fraction of sp³-hybridized carbons (Fsp3) is 0.222. The molecule has 1 atom stereocenters. The van der Waals surface area contributed by atoms with E-state index in [0.29, 0.717) is 0 Å². The molecule has 0 radical (unpaired) electrons. The van der Waals surface area contributed by atoms with Gasteiger partial charge in [0.2, 0.25) is 0 Å². The summed E-state index contributed by atoms with van der Waals surface area (Å²) in [5, 5.41) is 17.8. The van der Waals surface area contributed by atoms with Crippen LogP contribution in [0, 0.1) is 5.82 Å². The molecule has 0 saturated carbocycles. The van der Waals surface area contributed by atoms with Crippen molar-refractivity contribution >= 4 is 21.9 Å². The molecule has 0 amide bonds. The Morgan fingerprint density at radius 2 is 2.20 bits per heavy atom. The van der Waals surface area contributed by atoms with Crippen molar-refractivity contribution in [1.82, 2.24) is 0 Å². The smallest absolute Gasteiger partial charge is 0.320 e. The van der Waals surface area contributed by atoms with Gasteiger partial charge in [-0.25, -0.2) is 4.39 Å². The van der Waals surface area contributed by atoms with E-state index < -0.39 is 17.8 Å². The minimum absolute atomic E-state index is 0.0601. The molecule has 0 bridgehead atoms. The van der Waals surface area contributed by atoms with E-state index in [2.05, 4.69) is 15.9 Å². The van der Waals surface area contributed by atoms with Crippen molar-refractivity contribution in [2.75, 3.05) is 0 Å². The second-order valence-corrected chi connectivity index (χ2v) is 3.80. The molecule has 0 aliphatic heterocycles. The van der Waals surface area contributed by atoms with E-state index in [4.69, 9.17) is 10.8 Å². The van der Waals surface area contributed by atoms with Gasteiger partial charge in [0.25, 0.3) is 0 Å². The minimum atomic E-state index is -1.22. The predicted octanol–water partition coefficient (Wildman–Crippen LogP) is 1.25. The maximum atomic E-state index is 13.3. The van der Waals surface area contributed by atoms with E-state index in [-0.39, 0.29) is 22.2 Å². The number of carboxylic acids is 1. The van der Waals surface area contributed by atoms with Crippen molar-refractivity contribution in [3.63, 3.8) is 0 Å². The number of rotatable bonds is 3. The van der Waals surface area contributed by atoms with Crippen LogP contribution in [-0.2, 0) is 11.2 Å². The van der Waals surface area contributed by atoms with Crippen LogP contribution in [-0.4, -0.2) is 22.2 Å². The SMILES string of the molecule is NC(Cc1c(F)ccc(O)c1Br)C(=O)O. The number of aliphatic carboxylic acids is 1. The lowest BCUT2D eigenvalue weighted by Crippen LogP contribution is -2.32. The summed E-state index contributed by atoms with van der Waals surface area (Å²) in [5.74, 6) is -1.97. The van der Waals surface area contributed by atoms with Crippen molar-refractivity contribution in [2.45, 2.75) is 12.5 Å². The topological polar surface area (TPSA) is 83.5 Å². The van der Waals surface area contributed by atoms with Gasteiger partial charge in [0.05, 0.1) is 4.47 Å². The van der Waals surface area contributed by atoms with Gasteiger partial charge in [-0.05, 0) is 28.1 Å². The van der Waals surface area contributed by atoms with Crippen molar-refractivity contribution in [1.29, 1.82) is 0 Å². The molecule has 1 aromatic rings. The molecular formula is C9H9BrFNO3. The van der Waals surface area contributed by atoms with E-state index in [1.807, 2.05) is 0 Å². The number of halogens is 2. The van der Waals surface area contributed by atoms with Gasteiger partial charge in [-0.2, -0.15) is 0 Å². The Balaban J connectivity index is 3.03. The van der Waals surface area contributed by atoms with E-state index in [0.717, 1.165) is 6.07 Å². The molecule has 1 rings (SSSR count). The second-order valence-electron chi connectivity index (χ2n) is 3.01. The van der Waals surface area contributed by atoms with Gasteiger partial charge in [0, 0.05) is 12.0 Å². The Labute approximate surface area is 93.6 Å². The summed E-state index contributed by atoms with van der Waals surface area (Å²) in [6, 6.07) is 1.04. The number of aromatic hydroxyl groups is 1. The number of hydrogen-bond acceptors (Lipinski definition) is 3. The summed E-state index contributed by atoms with van der Waals surface area (Å²) < 4.78 is 13.4. The number of carboxylic acid groups (broad SMARTS) is 1. The maximum absolute atomic E-state index is 13.3. The van der Waals surface area contributed by atoms with Gasteiger partial charge in [0.15, 0.2) is 0 Å². The van der Waals surface area contributed by atoms with Gasteiger partial charge in [-0.1, -0.05) is 0 Å².